The molecule has 3 rings (SSSR count). The quantitative estimate of drug-likeness (QED) is 0.813. The van der Waals surface area contributed by atoms with Crippen LogP contribution in [0.25, 0.3) is 0 Å². The van der Waals surface area contributed by atoms with Gasteiger partial charge in [0.25, 0.3) is 5.91 Å². The summed E-state index contributed by atoms with van der Waals surface area (Å²) in [4.78, 5) is 43.4. The summed E-state index contributed by atoms with van der Waals surface area (Å²) in [5, 5.41) is 12.5. The molecule has 0 aliphatic carbocycles. The van der Waals surface area contributed by atoms with Crippen LogP contribution in [0.3, 0.4) is 0 Å². The minimum atomic E-state index is -1.15. The van der Waals surface area contributed by atoms with E-state index in [0.29, 0.717) is 37.0 Å². The number of rotatable bonds is 4. The Morgan fingerprint density at radius 3 is 2.39 bits per heavy atom. The van der Waals surface area contributed by atoms with Gasteiger partial charge in [0, 0.05) is 33.1 Å². The summed E-state index contributed by atoms with van der Waals surface area (Å²) in [7, 11) is 0. The number of carbonyl (C=O) groups is 3. The second-order valence-corrected chi connectivity index (χ2v) is 6.73. The lowest BCUT2D eigenvalue weighted by Gasteiger charge is -2.35. The third-order valence-electron chi connectivity index (χ3n) is 4.50. The van der Waals surface area contributed by atoms with Crippen molar-refractivity contribution in [1.29, 1.82) is 0 Å². The standard InChI is InChI=1S/C19H19ClN4O4/c1-12(25)23-6-8-24(9-7-23)17-15(19(27)28)10-13(11-21-17)22-18(26)14-4-2-3-5-16(14)20/h2-5,10-11H,6-9H2,1H3,(H,22,26)(H,27,28). The Hall–Kier alpha value is -3.13. The SMILES string of the molecule is CC(=O)N1CCN(c2ncc(NC(=O)c3ccccc3Cl)cc2C(=O)O)CC1. The summed E-state index contributed by atoms with van der Waals surface area (Å²) >= 11 is 6.02. The number of hydrogen-bond donors (Lipinski definition) is 2. The molecule has 0 spiro atoms. The number of nitrogens with one attached hydrogen (secondary N) is 1. The van der Waals surface area contributed by atoms with Crippen LogP contribution in [0.4, 0.5) is 11.5 Å². The van der Waals surface area contributed by atoms with Crippen molar-refractivity contribution >= 4 is 40.9 Å². The Morgan fingerprint density at radius 2 is 1.79 bits per heavy atom. The highest BCUT2D eigenvalue weighted by Crippen LogP contribution is 2.24. The smallest absolute Gasteiger partial charge is 0.339 e. The first-order valence-corrected chi connectivity index (χ1v) is 9.04. The van der Waals surface area contributed by atoms with E-state index in [2.05, 4.69) is 10.3 Å². The highest BCUT2D eigenvalue weighted by molar-refractivity contribution is 6.34. The van der Waals surface area contributed by atoms with Crippen LogP contribution in [0.1, 0.15) is 27.6 Å². The minimum Gasteiger partial charge on any atom is -0.478 e. The maximum absolute atomic E-state index is 12.4. The molecular formula is C19H19ClN4O4. The molecule has 8 nitrogen and oxygen atoms in total. The number of nitrogens with zero attached hydrogens (tertiary/aromatic N) is 3. The number of benzene rings is 1. The van der Waals surface area contributed by atoms with Gasteiger partial charge in [0.2, 0.25) is 5.91 Å². The lowest BCUT2D eigenvalue weighted by molar-refractivity contribution is -0.129. The Bertz CT molecular complexity index is 926. The Balaban J connectivity index is 1.80. The molecule has 1 aromatic carbocycles. The van der Waals surface area contributed by atoms with Gasteiger partial charge in [-0.15, -0.1) is 0 Å². The molecule has 0 atom stereocenters. The van der Waals surface area contributed by atoms with E-state index in [9.17, 15) is 19.5 Å². The fraction of sp³-hybridized carbons (Fsp3) is 0.263. The van der Waals surface area contributed by atoms with Crippen LogP contribution in [0.2, 0.25) is 5.02 Å². The molecule has 28 heavy (non-hydrogen) atoms. The van der Waals surface area contributed by atoms with Crippen molar-refractivity contribution < 1.29 is 19.5 Å². The molecule has 1 fully saturated rings. The van der Waals surface area contributed by atoms with Gasteiger partial charge in [-0.2, -0.15) is 0 Å². The molecule has 1 saturated heterocycles. The third kappa shape index (κ3) is 4.23. The summed E-state index contributed by atoms with van der Waals surface area (Å²) in [5.74, 6) is -1.30. The topological polar surface area (TPSA) is 103 Å². The molecule has 2 heterocycles. The fourth-order valence-corrected chi connectivity index (χ4v) is 3.23. The normalized spacial score (nSPS) is 13.9. The van der Waals surface area contributed by atoms with E-state index in [1.165, 1.54) is 19.2 Å². The Kier molecular flexibility index (Phi) is 5.79. The number of amides is 2. The van der Waals surface area contributed by atoms with E-state index >= 15 is 0 Å². The van der Waals surface area contributed by atoms with Crippen LogP contribution in [-0.2, 0) is 4.79 Å². The third-order valence-corrected chi connectivity index (χ3v) is 4.83. The van der Waals surface area contributed by atoms with Crippen molar-refractivity contribution in [1.82, 2.24) is 9.88 Å². The molecule has 9 heteroatoms. The summed E-state index contributed by atoms with van der Waals surface area (Å²) in [6.07, 6.45) is 1.41. The van der Waals surface area contributed by atoms with Gasteiger partial charge in [0.1, 0.15) is 11.4 Å². The predicted octanol–water partition coefficient (Wildman–Crippen LogP) is 2.35. The van der Waals surface area contributed by atoms with Crippen LogP contribution in [0.15, 0.2) is 36.5 Å². The predicted molar refractivity (Wildman–Crippen MR) is 105 cm³/mol. The van der Waals surface area contributed by atoms with Gasteiger partial charge < -0.3 is 20.2 Å². The molecule has 2 aromatic rings. The molecule has 0 unspecified atom stereocenters. The summed E-state index contributed by atoms with van der Waals surface area (Å²) in [5.41, 5.74) is 0.521. The lowest BCUT2D eigenvalue weighted by atomic mass is 10.2. The number of aromatic carboxylic acids is 1. The van der Waals surface area contributed by atoms with Crippen LogP contribution >= 0.6 is 11.6 Å². The van der Waals surface area contributed by atoms with Crippen LogP contribution < -0.4 is 10.2 Å². The zero-order valence-electron chi connectivity index (χ0n) is 15.2. The largest absolute Gasteiger partial charge is 0.478 e. The van der Waals surface area contributed by atoms with E-state index in [0.717, 1.165) is 0 Å². The zero-order chi connectivity index (χ0) is 20.3. The van der Waals surface area contributed by atoms with E-state index in [1.54, 1.807) is 29.2 Å². The number of halogens is 1. The van der Waals surface area contributed by atoms with Gasteiger partial charge in [-0.25, -0.2) is 9.78 Å². The maximum atomic E-state index is 12.4. The van der Waals surface area contributed by atoms with E-state index in [1.807, 2.05) is 4.90 Å². The van der Waals surface area contributed by atoms with E-state index in [4.69, 9.17) is 11.6 Å². The molecular weight excluding hydrogens is 384 g/mol. The Labute approximate surface area is 166 Å². The second kappa shape index (κ2) is 8.26. The highest BCUT2D eigenvalue weighted by Gasteiger charge is 2.24. The van der Waals surface area contributed by atoms with Crippen molar-refractivity contribution in [3.63, 3.8) is 0 Å². The number of aromatic nitrogens is 1. The van der Waals surface area contributed by atoms with Crippen molar-refractivity contribution in [3.05, 3.63) is 52.7 Å². The van der Waals surface area contributed by atoms with Crippen LogP contribution in [0, 0.1) is 0 Å². The van der Waals surface area contributed by atoms with Crippen molar-refractivity contribution in [2.75, 3.05) is 36.4 Å². The lowest BCUT2D eigenvalue weighted by Crippen LogP contribution is -2.48. The van der Waals surface area contributed by atoms with Crippen molar-refractivity contribution in [2.45, 2.75) is 6.92 Å². The summed E-state index contributed by atoms with van der Waals surface area (Å²) in [6, 6.07) is 7.94. The van der Waals surface area contributed by atoms with Crippen LogP contribution in [-0.4, -0.2) is 59.0 Å². The molecule has 2 N–H and O–H groups in total. The number of carboxylic acid groups (broad SMARTS) is 1. The molecule has 146 valence electrons. The fourth-order valence-electron chi connectivity index (χ4n) is 3.01. The van der Waals surface area contributed by atoms with Gasteiger partial charge in [0.05, 0.1) is 22.5 Å². The molecule has 0 bridgehead atoms. The monoisotopic (exact) mass is 402 g/mol. The van der Waals surface area contributed by atoms with Gasteiger partial charge in [-0.3, -0.25) is 9.59 Å². The summed E-state index contributed by atoms with van der Waals surface area (Å²) in [6.45, 7) is 3.48. The minimum absolute atomic E-state index is 0.0105. The van der Waals surface area contributed by atoms with Gasteiger partial charge in [-0.1, -0.05) is 23.7 Å². The number of carboxylic acids is 1. The average molecular weight is 403 g/mol. The van der Waals surface area contributed by atoms with E-state index < -0.39 is 11.9 Å². The number of anilines is 2. The first kappa shape index (κ1) is 19.6. The van der Waals surface area contributed by atoms with E-state index in [-0.39, 0.29) is 22.7 Å². The molecule has 0 radical (unpaired) electrons. The Morgan fingerprint density at radius 1 is 1.11 bits per heavy atom. The highest BCUT2D eigenvalue weighted by atomic mass is 35.5. The number of hydrogen-bond acceptors (Lipinski definition) is 5. The second-order valence-electron chi connectivity index (χ2n) is 6.33. The molecule has 2 amide bonds. The summed E-state index contributed by atoms with van der Waals surface area (Å²) < 4.78 is 0. The first-order valence-electron chi connectivity index (χ1n) is 8.66. The van der Waals surface area contributed by atoms with Gasteiger partial charge in [0.15, 0.2) is 0 Å². The van der Waals surface area contributed by atoms with Crippen LogP contribution in [0.5, 0.6) is 0 Å². The van der Waals surface area contributed by atoms with Crippen molar-refractivity contribution in [2.24, 2.45) is 0 Å². The number of carbonyl (C=O) groups excluding carboxylic acids is 2. The maximum Gasteiger partial charge on any atom is 0.339 e. The molecule has 1 aliphatic heterocycles. The van der Waals surface area contributed by atoms with Gasteiger partial charge >= 0.3 is 5.97 Å². The molecule has 1 aliphatic rings. The average Bonchev–Trinajstić information content (AvgIpc) is 2.68. The van der Waals surface area contributed by atoms with Gasteiger partial charge in [-0.05, 0) is 18.2 Å². The number of piperazine rings is 1. The first-order chi connectivity index (χ1) is 13.4. The van der Waals surface area contributed by atoms with Crippen molar-refractivity contribution in [3.8, 4) is 0 Å². The molecule has 0 saturated carbocycles. The molecule has 1 aromatic heterocycles. The number of pyridine rings is 1. The zero-order valence-corrected chi connectivity index (χ0v) is 15.9.